The van der Waals surface area contributed by atoms with Crippen LogP contribution in [0.2, 0.25) is 0 Å². The number of piperazine rings is 1. The first-order valence-corrected chi connectivity index (χ1v) is 11.1. The Morgan fingerprint density at radius 3 is 2.06 bits per heavy atom. The van der Waals surface area contributed by atoms with Gasteiger partial charge in [0.2, 0.25) is 6.10 Å². The second-order valence-corrected chi connectivity index (χ2v) is 8.06. The molecule has 0 radical (unpaired) electrons. The molecule has 0 saturated carbocycles. The number of halogens is 1. The molecule has 1 atom stereocenters. The zero-order chi connectivity index (χ0) is 23.5. The third-order valence-corrected chi connectivity index (χ3v) is 5.81. The van der Waals surface area contributed by atoms with Crippen molar-refractivity contribution in [2.24, 2.45) is 0 Å². The van der Waals surface area contributed by atoms with Crippen molar-refractivity contribution in [2.75, 3.05) is 32.8 Å². The average molecular weight is 462 g/mol. The van der Waals surface area contributed by atoms with E-state index in [0.717, 1.165) is 0 Å². The lowest BCUT2D eigenvalue weighted by Gasteiger charge is -2.37. The molecule has 3 aromatic carbocycles. The van der Waals surface area contributed by atoms with Crippen LogP contribution in [0.5, 0.6) is 23.0 Å². The summed E-state index contributed by atoms with van der Waals surface area (Å²) in [5.74, 6) is 1.69. The third kappa shape index (κ3) is 4.66. The molecule has 2 amide bonds. The van der Waals surface area contributed by atoms with Gasteiger partial charge in [-0.05, 0) is 60.7 Å². The Kier molecular flexibility index (Phi) is 6.03. The molecule has 1 fully saturated rings. The highest BCUT2D eigenvalue weighted by Gasteiger charge is 2.33. The van der Waals surface area contributed by atoms with Gasteiger partial charge in [0, 0.05) is 31.7 Å². The van der Waals surface area contributed by atoms with Crippen LogP contribution in [0, 0.1) is 5.82 Å². The first-order valence-electron chi connectivity index (χ1n) is 11.1. The van der Waals surface area contributed by atoms with Gasteiger partial charge in [-0.15, -0.1) is 0 Å². The summed E-state index contributed by atoms with van der Waals surface area (Å²) in [6.45, 7) is 1.89. The summed E-state index contributed by atoms with van der Waals surface area (Å²) in [5.41, 5.74) is 0.534. The van der Waals surface area contributed by atoms with Crippen molar-refractivity contribution in [3.63, 3.8) is 0 Å². The highest BCUT2D eigenvalue weighted by Crippen LogP contribution is 2.31. The Morgan fingerprint density at radius 2 is 1.38 bits per heavy atom. The van der Waals surface area contributed by atoms with Gasteiger partial charge in [0.05, 0.1) is 0 Å². The molecule has 2 aliphatic heterocycles. The molecule has 0 unspecified atom stereocenters. The van der Waals surface area contributed by atoms with Crippen LogP contribution in [0.4, 0.5) is 4.39 Å². The van der Waals surface area contributed by atoms with Crippen LogP contribution in [0.15, 0.2) is 72.8 Å². The number of ether oxygens (including phenoxy) is 3. The number of carbonyl (C=O) groups excluding carboxylic acids is 2. The molecule has 8 heteroatoms. The topological polar surface area (TPSA) is 68.3 Å². The van der Waals surface area contributed by atoms with Crippen molar-refractivity contribution >= 4 is 11.8 Å². The van der Waals surface area contributed by atoms with E-state index in [-0.39, 0.29) is 24.2 Å². The molecule has 0 bridgehead atoms. The van der Waals surface area contributed by atoms with E-state index in [1.165, 1.54) is 12.1 Å². The fourth-order valence-corrected chi connectivity index (χ4v) is 3.96. The van der Waals surface area contributed by atoms with Crippen LogP contribution in [-0.4, -0.2) is 60.5 Å². The van der Waals surface area contributed by atoms with Crippen molar-refractivity contribution in [3.05, 3.63) is 84.2 Å². The van der Waals surface area contributed by atoms with Gasteiger partial charge in [0.25, 0.3) is 11.8 Å². The van der Waals surface area contributed by atoms with E-state index in [4.69, 9.17) is 14.2 Å². The molecular formula is C26H23FN2O5. The molecule has 0 N–H and O–H groups in total. The Balaban J connectivity index is 1.14. The molecule has 2 heterocycles. The largest absolute Gasteiger partial charge is 0.485 e. The molecule has 0 aromatic heterocycles. The van der Waals surface area contributed by atoms with Gasteiger partial charge < -0.3 is 24.0 Å². The molecule has 3 aromatic rings. The predicted octanol–water partition coefficient (Wildman–Crippen LogP) is 3.74. The number of para-hydroxylation sites is 2. The third-order valence-electron chi connectivity index (χ3n) is 5.81. The molecule has 1 saturated heterocycles. The van der Waals surface area contributed by atoms with Crippen LogP contribution in [-0.2, 0) is 4.79 Å². The maximum atomic E-state index is 13.0. The Morgan fingerprint density at radius 1 is 0.794 bits per heavy atom. The number of carbonyl (C=O) groups is 2. The highest BCUT2D eigenvalue weighted by atomic mass is 19.1. The summed E-state index contributed by atoms with van der Waals surface area (Å²) in [5, 5.41) is 0. The second kappa shape index (κ2) is 9.43. The first-order chi connectivity index (χ1) is 16.6. The lowest BCUT2D eigenvalue weighted by Crippen LogP contribution is -2.55. The second-order valence-electron chi connectivity index (χ2n) is 8.06. The van der Waals surface area contributed by atoms with Gasteiger partial charge in [-0.25, -0.2) is 4.39 Å². The average Bonchev–Trinajstić information content (AvgIpc) is 2.89. The fraction of sp³-hybridized carbons (Fsp3) is 0.231. The Labute approximate surface area is 196 Å². The van der Waals surface area contributed by atoms with Gasteiger partial charge in [0.1, 0.15) is 23.9 Å². The van der Waals surface area contributed by atoms with Crippen molar-refractivity contribution < 1.29 is 28.2 Å². The molecule has 34 heavy (non-hydrogen) atoms. The summed E-state index contributed by atoms with van der Waals surface area (Å²) in [4.78, 5) is 29.3. The SMILES string of the molecule is O=C(c1ccc(Oc2ccc(F)cc2)cc1)N1CCN(C(=O)[C@H]2COc3ccccc3O2)CC1. The Bertz CT molecular complexity index is 1170. The molecule has 0 aliphatic carbocycles. The van der Waals surface area contributed by atoms with Crippen LogP contribution in [0.25, 0.3) is 0 Å². The van der Waals surface area contributed by atoms with Crippen molar-refractivity contribution in [2.45, 2.75) is 6.10 Å². The van der Waals surface area contributed by atoms with Gasteiger partial charge in [-0.2, -0.15) is 0 Å². The first kappa shape index (κ1) is 21.8. The van der Waals surface area contributed by atoms with Crippen molar-refractivity contribution in [1.82, 2.24) is 9.80 Å². The van der Waals surface area contributed by atoms with Gasteiger partial charge in [-0.3, -0.25) is 9.59 Å². The number of nitrogens with zero attached hydrogens (tertiary/aromatic N) is 2. The zero-order valence-electron chi connectivity index (χ0n) is 18.4. The zero-order valence-corrected chi connectivity index (χ0v) is 18.4. The van der Waals surface area contributed by atoms with E-state index >= 15 is 0 Å². The number of amides is 2. The van der Waals surface area contributed by atoms with Crippen molar-refractivity contribution in [3.8, 4) is 23.0 Å². The quantitative estimate of drug-likeness (QED) is 0.591. The van der Waals surface area contributed by atoms with Crippen LogP contribution in [0.1, 0.15) is 10.4 Å². The fourth-order valence-electron chi connectivity index (χ4n) is 3.96. The van der Waals surface area contributed by atoms with E-state index < -0.39 is 6.10 Å². The molecule has 174 valence electrons. The summed E-state index contributed by atoms with van der Waals surface area (Å²) in [6.07, 6.45) is -0.689. The number of fused-ring (bicyclic) bond motifs is 1. The summed E-state index contributed by atoms with van der Waals surface area (Å²) in [7, 11) is 0. The van der Waals surface area contributed by atoms with E-state index in [1.54, 1.807) is 52.3 Å². The minimum absolute atomic E-state index is 0.105. The standard InChI is InChI=1S/C26H23FN2O5/c27-19-7-11-21(12-8-19)33-20-9-5-18(6-10-20)25(30)28-13-15-29(16-14-28)26(31)24-17-32-22-3-1-2-4-23(22)34-24/h1-12,24H,13-17H2/t24-/m1/s1. The normalized spacial score (nSPS) is 17.3. The molecular weight excluding hydrogens is 439 g/mol. The number of rotatable bonds is 4. The van der Waals surface area contributed by atoms with E-state index in [1.807, 2.05) is 18.2 Å². The molecule has 0 spiro atoms. The summed E-state index contributed by atoms with van der Waals surface area (Å²) in [6, 6.07) is 19.8. The maximum absolute atomic E-state index is 13.0. The monoisotopic (exact) mass is 462 g/mol. The van der Waals surface area contributed by atoms with Gasteiger partial charge in [0.15, 0.2) is 11.5 Å². The van der Waals surface area contributed by atoms with Crippen LogP contribution in [0.3, 0.4) is 0 Å². The summed E-state index contributed by atoms with van der Waals surface area (Å²) >= 11 is 0. The molecule has 7 nitrogen and oxygen atoms in total. The minimum Gasteiger partial charge on any atom is -0.485 e. The lowest BCUT2D eigenvalue weighted by molar-refractivity contribution is -0.142. The number of hydrogen-bond acceptors (Lipinski definition) is 5. The molecule has 5 rings (SSSR count). The lowest BCUT2D eigenvalue weighted by atomic mass is 10.1. The summed E-state index contributed by atoms with van der Waals surface area (Å²) < 4.78 is 30.2. The van der Waals surface area contributed by atoms with Gasteiger partial charge in [-0.1, -0.05) is 12.1 Å². The van der Waals surface area contributed by atoms with Crippen LogP contribution < -0.4 is 14.2 Å². The van der Waals surface area contributed by atoms with Gasteiger partial charge >= 0.3 is 0 Å². The minimum atomic E-state index is -0.689. The van der Waals surface area contributed by atoms with E-state index in [9.17, 15) is 14.0 Å². The smallest absolute Gasteiger partial charge is 0.267 e. The van der Waals surface area contributed by atoms with E-state index in [0.29, 0.717) is 54.7 Å². The highest BCUT2D eigenvalue weighted by molar-refractivity contribution is 5.94. The van der Waals surface area contributed by atoms with Crippen molar-refractivity contribution in [1.29, 1.82) is 0 Å². The van der Waals surface area contributed by atoms with E-state index in [2.05, 4.69) is 0 Å². The predicted molar refractivity (Wildman–Crippen MR) is 122 cm³/mol. The number of hydrogen-bond donors (Lipinski definition) is 0. The Hall–Kier alpha value is -4.07. The van der Waals surface area contributed by atoms with Crippen LogP contribution >= 0.6 is 0 Å². The number of benzene rings is 3. The molecule has 2 aliphatic rings. The maximum Gasteiger partial charge on any atom is 0.267 e.